The second kappa shape index (κ2) is 9.38. The predicted octanol–water partition coefficient (Wildman–Crippen LogP) is 4.66. The molecule has 0 spiro atoms. The molecule has 0 fully saturated rings. The molecule has 1 N–H and O–H groups in total. The summed E-state index contributed by atoms with van der Waals surface area (Å²) in [4.78, 5) is 12.3. The molecule has 8 heteroatoms. The van der Waals surface area contributed by atoms with Gasteiger partial charge in [0.15, 0.2) is 10.1 Å². The van der Waals surface area contributed by atoms with Gasteiger partial charge in [-0.15, -0.1) is 10.2 Å². The smallest absolute Gasteiger partial charge is 0.210 e. The highest BCUT2D eigenvalue weighted by Gasteiger charge is 2.11. The van der Waals surface area contributed by atoms with Gasteiger partial charge in [0, 0.05) is 5.56 Å². The van der Waals surface area contributed by atoms with Crippen molar-refractivity contribution in [2.24, 2.45) is 0 Å². The third kappa shape index (κ3) is 5.21. The minimum Gasteiger partial charge on any atom is -0.497 e. The van der Waals surface area contributed by atoms with Crippen molar-refractivity contribution in [3.05, 3.63) is 54.1 Å². The first-order chi connectivity index (χ1) is 13.2. The van der Waals surface area contributed by atoms with E-state index in [4.69, 9.17) is 9.47 Å². The van der Waals surface area contributed by atoms with E-state index < -0.39 is 0 Å². The average molecular weight is 402 g/mol. The van der Waals surface area contributed by atoms with Gasteiger partial charge in [0.2, 0.25) is 5.13 Å². The highest BCUT2D eigenvalue weighted by Crippen LogP contribution is 2.31. The summed E-state index contributed by atoms with van der Waals surface area (Å²) in [6.45, 7) is 2.53. The molecule has 6 nitrogen and oxygen atoms in total. The van der Waals surface area contributed by atoms with Crippen LogP contribution in [0.3, 0.4) is 0 Å². The van der Waals surface area contributed by atoms with Crippen LogP contribution < -0.4 is 14.8 Å². The third-order valence-corrected chi connectivity index (χ3v) is 5.55. The number of Topliss-reactive ketones (excluding diaryl/α,β-unsaturated/α-hetero) is 1. The molecule has 0 aliphatic heterocycles. The summed E-state index contributed by atoms with van der Waals surface area (Å²) < 4.78 is 11.4. The molecule has 0 unspecified atom stereocenters. The Labute approximate surface area is 165 Å². The van der Waals surface area contributed by atoms with Crippen molar-refractivity contribution in [1.29, 1.82) is 0 Å². The van der Waals surface area contributed by atoms with Gasteiger partial charge >= 0.3 is 0 Å². The Kier molecular flexibility index (Phi) is 6.67. The minimum atomic E-state index is 0.0362. The standard InChI is InChI=1S/C19H19N3O3S2/c1-3-25-17-7-5-4-6-15(17)20-18-21-22-19(27-18)26-12-16(23)13-8-10-14(24-2)11-9-13/h4-11H,3,12H2,1-2H3,(H,20,21). The number of para-hydroxylation sites is 2. The van der Waals surface area contributed by atoms with Crippen LogP contribution >= 0.6 is 23.1 Å². The summed E-state index contributed by atoms with van der Waals surface area (Å²) in [6, 6.07) is 14.8. The molecule has 0 saturated carbocycles. The lowest BCUT2D eigenvalue weighted by Gasteiger charge is -2.09. The maximum atomic E-state index is 12.3. The Morgan fingerprint density at radius 3 is 2.67 bits per heavy atom. The van der Waals surface area contributed by atoms with E-state index in [1.54, 1.807) is 31.4 Å². The van der Waals surface area contributed by atoms with Crippen molar-refractivity contribution in [1.82, 2.24) is 10.2 Å². The predicted molar refractivity (Wildman–Crippen MR) is 109 cm³/mol. The zero-order valence-electron chi connectivity index (χ0n) is 15.0. The number of ether oxygens (including phenoxy) is 2. The number of nitrogens with one attached hydrogen (secondary N) is 1. The van der Waals surface area contributed by atoms with Gasteiger partial charge in [-0.25, -0.2) is 0 Å². The lowest BCUT2D eigenvalue weighted by Crippen LogP contribution is -2.02. The van der Waals surface area contributed by atoms with Crippen molar-refractivity contribution in [3.63, 3.8) is 0 Å². The Balaban J connectivity index is 1.58. The second-order valence-corrected chi connectivity index (χ2v) is 7.57. The number of rotatable bonds is 9. The van der Waals surface area contributed by atoms with Gasteiger partial charge in [0.1, 0.15) is 11.5 Å². The third-order valence-electron chi connectivity index (χ3n) is 3.57. The molecule has 3 rings (SSSR count). The van der Waals surface area contributed by atoms with Gasteiger partial charge in [-0.2, -0.15) is 0 Å². The molecular formula is C19H19N3O3S2. The monoisotopic (exact) mass is 401 g/mol. The summed E-state index contributed by atoms with van der Waals surface area (Å²) in [5, 5.41) is 12.1. The molecule has 27 heavy (non-hydrogen) atoms. The second-order valence-electron chi connectivity index (χ2n) is 5.37. The van der Waals surface area contributed by atoms with Crippen molar-refractivity contribution in [2.45, 2.75) is 11.3 Å². The highest BCUT2D eigenvalue weighted by atomic mass is 32.2. The maximum Gasteiger partial charge on any atom is 0.210 e. The molecule has 0 aliphatic carbocycles. The fourth-order valence-corrected chi connectivity index (χ4v) is 3.93. The highest BCUT2D eigenvalue weighted by molar-refractivity contribution is 8.01. The first-order valence-corrected chi connectivity index (χ1v) is 10.1. The van der Waals surface area contributed by atoms with Crippen LogP contribution in [0.25, 0.3) is 0 Å². The van der Waals surface area contributed by atoms with E-state index in [-0.39, 0.29) is 5.78 Å². The lowest BCUT2D eigenvalue weighted by molar-refractivity contribution is 0.102. The topological polar surface area (TPSA) is 73.3 Å². The Morgan fingerprint density at radius 2 is 1.93 bits per heavy atom. The fourth-order valence-electron chi connectivity index (χ4n) is 2.27. The zero-order valence-corrected chi connectivity index (χ0v) is 16.6. The minimum absolute atomic E-state index is 0.0362. The maximum absolute atomic E-state index is 12.3. The van der Waals surface area contributed by atoms with Crippen LogP contribution in [-0.2, 0) is 0 Å². The summed E-state index contributed by atoms with van der Waals surface area (Å²) in [5.74, 6) is 1.83. The van der Waals surface area contributed by atoms with Crippen LogP contribution in [0, 0.1) is 0 Å². The number of aromatic nitrogens is 2. The zero-order chi connectivity index (χ0) is 19.1. The summed E-state index contributed by atoms with van der Waals surface area (Å²) in [6.07, 6.45) is 0. The molecule has 2 aromatic carbocycles. The van der Waals surface area contributed by atoms with Gasteiger partial charge < -0.3 is 14.8 Å². The fraction of sp³-hybridized carbons (Fsp3) is 0.211. The number of ketones is 1. The van der Waals surface area contributed by atoms with E-state index >= 15 is 0 Å². The SMILES string of the molecule is CCOc1ccccc1Nc1nnc(SCC(=O)c2ccc(OC)cc2)s1. The van der Waals surface area contributed by atoms with Crippen LogP contribution in [-0.4, -0.2) is 35.5 Å². The average Bonchev–Trinajstić information content (AvgIpc) is 3.15. The summed E-state index contributed by atoms with van der Waals surface area (Å²) in [7, 11) is 1.60. The molecule has 0 radical (unpaired) electrons. The van der Waals surface area contributed by atoms with Crippen LogP contribution in [0.15, 0.2) is 52.9 Å². The summed E-state index contributed by atoms with van der Waals surface area (Å²) in [5.41, 5.74) is 1.48. The van der Waals surface area contributed by atoms with E-state index in [2.05, 4.69) is 15.5 Å². The summed E-state index contributed by atoms with van der Waals surface area (Å²) >= 11 is 2.77. The van der Waals surface area contributed by atoms with Crippen LogP contribution in [0.1, 0.15) is 17.3 Å². The molecular weight excluding hydrogens is 382 g/mol. The van der Waals surface area contributed by atoms with E-state index in [0.717, 1.165) is 21.5 Å². The molecule has 3 aromatic rings. The number of hydrogen-bond acceptors (Lipinski definition) is 8. The quantitative estimate of drug-likeness (QED) is 0.413. The van der Waals surface area contributed by atoms with Crippen LogP contribution in [0.4, 0.5) is 10.8 Å². The normalized spacial score (nSPS) is 10.4. The number of carbonyl (C=O) groups is 1. The molecule has 0 atom stereocenters. The Hall–Kier alpha value is -2.58. The number of benzene rings is 2. The van der Waals surface area contributed by atoms with Crippen molar-refractivity contribution in [3.8, 4) is 11.5 Å². The Morgan fingerprint density at radius 1 is 1.15 bits per heavy atom. The largest absolute Gasteiger partial charge is 0.497 e. The number of hydrogen-bond donors (Lipinski definition) is 1. The van der Waals surface area contributed by atoms with E-state index in [0.29, 0.717) is 23.1 Å². The van der Waals surface area contributed by atoms with Gasteiger partial charge in [0.05, 0.1) is 25.2 Å². The van der Waals surface area contributed by atoms with E-state index in [9.17, 15) is 4.79 Å². The number of anilines is 2. The van der Waals surface area contributed by atoms with Gasteiger partial charge in [-0.3, -0.25) is 4.79 Å². The molecule has 1 heterocycles. The number of thioether (sulfide) groups is 1. The van der Waals surface area contributed by atoms with E-state index in [1.807, 2.05) is 31.2 Å². The molecule has 140 valence electrons. The molecule has 0 amide bonds. The van der Waals surface area contributed by atoms with Crippen LogP contribution in [0.5, 0.6) is 11.5 Å². The molecule has 0 saturated heterocycles. The van der Waals surface area contributed by atoms with E-state index in [1.165, 1.54) is 23.1 Å². The van der Waals surface area contributed by atoms with Gasteiger partial charge in [-0.05, 0) is 43.3 Å². The number of carbonyl (C=O) groups excluding carboxylic acids is 1. The van der Waals surface area contributed by atoms with Crippen molar-refractivity contribution < 1.29 is 14.3 Å². The Bertz CT molecular complexity index is 897. The molecule has 1 aromatic heterocycles. The molecule has 0 bridgehead atoms. The molecule has 0 aliphatic rings. The van der Waals surface area contributed by atoms with Gasteiger partial charge in [-0.1, -0.05) is 35.2 Å². The van der Waals surface area contributed by atoms with Crippen LogP contribution in [0.2, 0.25) is 0 Å². The first-order valence-electron chi connectivity index (χ1n) is 8.32. The van der Waals surface area contributed by atoms with Crippen molar-refractivity contribution >= 4 is 39.7 Å². The lowest BCUT2D eigenvalue weighted by atomic mass is 10.1. The first kappa shape index (κ1) is 19.2. The number of methoxy groups -OCH3 is 1. The number of nitrogens with zero attached hydrogens (tertiary/aromatic N) is 2. The van der Waals surface area contributed by atoms with Gasteiger partial charge in [0.25, 0.3) is 0 Å². The van der Waals surface area contributed by atoms with Crippen molar-refractivity contribution in [2.75, 3.05) is 24.8 Å².